The number of hydrogen-bond donors (Lipinski definition) is 1. The van der Waals surface area contributed by atoms with Crippen molar-refractivity contribution in [1.82, 2.24) is 9.97 Å². The summed E-state index contributed by atoms with van der Waals surface area (Å²) in [5, 5.41) is 13.8. The van der Waals surface area contributed by atoms with Crippen molar-refractivity contribution in [3.05, 3.63) is 82.0 Å². The van der Waals surface area contributed by atoms with Crippen LogP contribution in [0.4, 0.5) is 14.5 Å². The molecule has 0 unspecified atom stereocenters. The predicted molar refractivity (Wildman–Crippen MR) is 132 cm³/mol. The number of nitrogens with one attached hydrogen (secondary N) is 1. The first-order valence-corrected chi connectivity index (χ1v) is 12.8. The van der Waals surface area contributed by atoms with Gasteiger partial charge >= 0.3 is 0 Å². The predicted octanol–water partition coefficient (Wildman–Crippen LogP) is 6.39. The van der Waals surface area contributed by atoms with Crippen LogP contribution in [-0.4, -0.2) is 23.3 Å². The number of nitriles is 1. The van der Waals surface area contributed by atoms with Crippen LogP contribution in [0.15, 0.2) is 48.5 Å². The Hall–Kier alpha value is -3.13. The fraction of sp³-hybridized carbons (Fsp3) is 0.160. The van der Waals surface area contributed by atoms with Crippen molar-refractivity contribution in [2.75, 3.05) is 18.6 Å². The lowest BCUT2D eigenvalue weighted by Gasteiger charge is -2.15. The van der Waals surface area contributed by atoms with E-state index in [9.17, 15) is 8.78 Å². The highest BCUT2D eigenvalue weighted by atomic mass is 35.5. The molecule has 0 aliphatic carbocycles. The molecule has 0 amide bonds. The lowest BCUT2D eigenvalue weighted by atomic mass is 10.1. The summed E-state index contributed by atoms with van der Waals surface area (Å²) < 4.78 is 29.3. The van der Waals surface area contributed by atoms with Gasteiger partial charge < -0.3 is 5.32 Å². The molecular formula is C25H20ClF2N4P. The van der Waals surface area contributed by atoms with Crippen LogP contribution in [0.3, 0.4) is 0 Å². The molecule has 0 bridgehead atoms. The van der Waals surface area contributed by atoms with Gasteiger partial charge in [0.05, 0.1) is 33.6 Å². The molecule has 33 heavy (non-hydrogen) atoms. The Balaban J connectivity index is 1.79. The van der Waals surface area contributed by atoms with Gasteiger partial charge in [0.15, 0.2) is 5.82 Å². The van der Waals surface area contributed by atoms with E-state index in [-0.39, 0.29) is 20.2 Å². The number of anilines is 1. The molecule has 8 heteroatoms. The molecule has 0 saturated carbocycles. The van der Waals surface area contributed by atoms with Crippen LogP contribution >= 0.6 is 19.5 Å². The summed E-state index contributed by atoms with van der Waals surface area (Å²) in [5.74, 6) is -0.933. The first-order chi connectivity index (χ1) is 15.8. The second-order valence-electron chi connectivity index (χ2n) is 7.79. The molecule has 0 aliphatic heterocycles. The maximum Gasteiger partial charge on any atom is 0.151 e. The molecule has 0 saturated heterocycles. The lowest BCUT2D eigenvalue weighted by Crippen LogP contribution is -2.06. The number of benzene rings is 2. The van der Waals surface area contributed by atoms with E-state index in [4.69, 9.17) is 16.9 Å². The summed E-state index contributed by atoms with van der Waals surface area (Å²) in [6, 6.07) is 15.2. The number of fused-ring (bicyclic) bond motifs is 1. The topological polar surface area (TPSA) is 61.6 Å². The van der Waals surface area contributed by atoms with E-state index in [1.54, 1.807) is 6.92 Å². The summed E-state index contributed by atoms with van der Waals surface area (Å²) in [6.07, 6.45) is 0. The molecule has 0 radical (unpaired) electrons. The highest BCUT2D eigenvalue weighted by Crippen LogP contribution is 2.35. The zero-order chi connectivity index (χ0) is 23.7. The van der Waals surface area contributed by atoms with Crippen molar-refractivity contribution >= 4 is 41.5 Å². The van der Waals surface area contributed by atoms with E-state index in [2.05, 4.69) is 28.6 Å². The summed E-state index contributed by atoms with van der Waals surface area (Å²) in [5.41, 5.74) is 3.15. The standard InChI is InChI=1S/C25H20ClF2N4P/c1-14-22(26)25(30-13-17-10-15(12-29)4-9-19(17)27)24-21(31-14)11-20(28)23(32-24)16-5-7-18(8-6-16)33(2)3/h4-11H,13H2,1-3H3,(H,30,31). The van der Waals surface area contributed by atoms with Crippen LogP contribution in [0.1, 0.15) is 16.8 Å². The number of aromatic nitrogens is 2. The smallest absolute Gasteiger partial charge is 0.151 e. The first-order valence-electron chi connectivity index (χ1n) is 10.1. The van der Waals surface area contributed by atoms with Crippen molar-refractivity contribution in [2.24, 2.45) is 0 Å². The minimum Gasteiger partial charge on any atom is -0.378 e. The van der Waals surface area contributed by atoms with Gasteiger partial charge in [-0.2, -0.15) is 5.26 Å². The zero-order valence-electron chi connectivity index (χ0n) is 18.2. The molecule has 2 aromatic heterocycles. The number of nitrogens with zero attached hydrogens (tertiary/aromatic N) is 3. The van der Waals surface area contributed by atoms with Crippen LogP contribution in [0.2, 0.25) is 5.02 Å². The zero-order valence-corrected chi connectivity index (χ0v) is 19.9. The second kappa shape index (κ2) is 9.39. The maximum absolute atomic E-state index is 15.0. The molecule has 0 aliphatic rings. The molecule has 4 aromatic rings. The van der Waals surface area contributed by atoms with Gasteiger partial charge in [0, 0.05) is 23.7 Å². The molecule has 0 spiro atoms. The number of rotatable bonds is 5. The van der Waals surface area contributed by atoms with Gasteiger partial charge in [-0.25, -0.2) is 18.7 Å². The summed E-state index contributed by atoms with van der Waals surface area (Å²) >= 11 is 6.53. The largest absolute Gasteiger partial charge is 0.378 e. The van der Waals surface area contributed by atoms with Gasteiger partial charge in [0.2, 0.25) is 0 Å². The van der Waals surface area contributed by atoms with E-state index >= 15 is 0 Å². The van der Waals surface area contributed by atoms with Gasteiger partial charge in [0.1, 0.15) is 17.0 Å². The second-order valence-corrected chi connectivity index (χ2v) is 10.5. The Bertz CT molecular complexity index is 1400. The molecule has 4 rings (SSSR count). The van der Waals surface area contributed by atoms with Crippen LogP contribution < -0.4 is 10.6 Å². The Morgan fingerprint density at radius 2 is 1.76 bits per heavy atom. The van der Waals surface area contributed by atoms with Crippen molar-refractivity contribution in [3.63, 3.8) is 0 Å². The van der Waals surface area contributed by atoms with Crippen molar-refractivity contribution in [2.45, 2.75) is 13.5 Å². The number of aryl methyl sites for hydroxylation is 1. The van der Waals surface area contributed by atoms with Crippen molar-refractivity contribution < 1.29 is 8.78 Å². The summed E-state index contributed by atoms with van der Waals surface area (Å²) in [7, 11) is -0.262. The fourth-order valence-corrected chi connectivity index (χ4v) is 4.45. The number of pyridine rings is 2. The minimum absolute atomic E-state index is 0.0687. The maximum atomic E-state index is 15.0. The minimum atomic E-state index is -0.488. The van der Waals surface area contributed by atoms with Crippen LogP contribution in [-0.2, 0) is 6.54 Å². The Kier molecular flexibility index (Phi) is 6.56. The Labute approximate surface area is 197 Å². The van der Waals surface area contributed by atoms with Gasteiger partial charge in [-0.15, -0.1) is 0 Å². The van der Waals surface area contributed by atoms with E-state index in [0.717, 1.165) is 0 Å². The van der Waals surface area contributed by atoms with Gasteiger partial charge in [0.25, 0.3) is 0 Å². The van der Waals surface area contributed by atoms with Crippen molar-refractivity contribution in [1.29, 1.82) is 5.26 Å². The third kappa shape index (κ3) is 4.66. The Morgan fingerprint density at radius 3 is 2.42 bits per heavy atom. The molecule has 4 nitrogen and oxygen atoms in total. The van der Waals surface area contributed by atoms with Crippen molar-refractivity contribution in [3.8, 4) is 17.3 Å². The summed E-state index contributed by atoms with van der Waals surface area (Å²) in [6.45, 7) is 6.09. The highest BCUT2D eigenvalue weighted by Gasteiger charge is 2.18. The van der Waals surface area contributed by atoms with Gasteiger partial charge in [-0.05, 0) is 43.8 Å². The number of halogens is 3. The number of hydrogen-bond acceptors (Lipinski definition) is 4. The van der Waals surface area contributed by atoms with Gasteiger partial charge in [-0.1, -0.05) is 43.8 Å². The molecular weight excluding hydrogens is 461 g/mol. The normalized spacial score (nSPS) is 11.1. The molecule has 0 fully saturated rings. The van der Waals surface area contributed by atoms with E-state index < -0.39 is 11.6 Å². The summed E-state index contributed by atoms with van der Waals surface area (Å²) in [4.78, 5) is 8.94. The van der Waals surface area contributed by atoms with Gasteiger partial charge in [-0.3, -0.25) is 0 Å². The van der Waals surface area contributed by atoms with Crippen LogP contribution in [0, 0.1) is 29.9 Å². The SMILES string of the molecule is Cc1nc2cc(F)c(-c3ccc(P(C)C)cc3)nc2c(NCc2cc(C#N)ccc2F)c1Cl. The quantitative estimate of drug-likeness (QED) is 0.336. The van der Waals surface area contributed by atoms with E-state index in [1.807, 2.05) is 30.3 Å². The third-order valence-corrected chi connectivity index (χ3v) is 7.10. The Morgan fingerprint density at radius 1 is 1.03 bits per heavy atom. The first kappa shape index (κ1) is 23.0. The monoisotopic (exact) mass is 480 g/mol. The lowest BCUT2D eigenvalue weighted by molar-refractivity contribution is 0.613. The fourth-order valence-electron chi connectivity index (χ4n) is 3.51. The van der Waals surface area contributed by atoms with E-state index in [1.165, 1.54) is 29.6 Å². The third-order valence-electron chi connectivity index (χ3n) is 5.31. The van der Waals surface area contributed by atoms with E-state index in [0.29, 0.717) is 44.1 Å². The average molecular weight is 481 g/mol. The van der Waals surface area contributed by atoms with Crippen LogP contribution in [0.25, 0.3) is 22.3 Å². The molecule has 166 valence electrons. The van der Waals surface area contributed by atoms with Crippen LogP contribution in [0.5, 0.6) is 0 Å². The molecule has 2 heterocycles. The molecule has 0 atom stereocenters. The molecule has 1 N–H and O–H groups in total. The average Bonchev–Trinajstić information content (AvgIpc) is 2.80. The molecule has 2 aromatic carbocycles. The highest BCUT2D eigenvalue weighted by molar-refractivity contribution is 7.64.